The molecule has 0 bridgehead atoms. The molecule has 106 valence electrons. The van der Waals surface area contributed by atoms with E-state index < -0.39 is 0 Å². The van der Waals surface area contributed by atoms with Gasteiger partial charge in [0, 0.05) is 18.0 Å². The fourth-order valence-corrected chi connectivity index (χ4v) is 2.16. The number of benzene rings is 1. The minimum Gasteiger partial charge on any atom is -0.349 e. The van der Waals surface area contributed by atoms with Gasteiger partial charge in [-0.3, -0.25) is 4.79 Å². The van der Waals surface area contributed by atoms with E-state index in [1.807, 2.05) is 37.4 Å². The number of para-hydroxylation sites is 1. The van der Waals surface area contributed by atoms with Crippen LogP contribution in [0, 0.1) is 5.92 Å². The number of fused-ring (bicyclic) bond motifs is 1. The van der Waals surface area contributed by atoms with Gasteiger partial charge >= 0.3 is 0 Å². The Morgan fingerprint density at radius 3 is 2.65 bits per heavy atom. The highest BCUT2D eigenvalue weighted by atomic mass is 16.1. The fourth-order valence-electron chi connectivity index (χ4n) is 2.16. The van der Waals surface area contributed by atoms with E-state index in [0.29, 0.717) is 18.2 Å². The molecule has 1 heterocycles. The number of amides is 1. The summed E-state index contributed by atoms with van der Waals surface area (Å²) in [7, 11) is 1.91. The molecule has 2 rings (SSSR count). The number of nitrogens with zero attached hydrogens (tertiary/aromatic N) is 1. The fraction of sp³-hybridized carbons (Fsp3) is 0.375. The Morgan fingerprint density at radius 2 is 1.95 bits per heavy atom. The van der Waals surface area contributed by atoms with Crippen molar-refractivity contribution < 1.29 is 4.79 Å². The predicted octanol–water partition coefficient (Wildman–Crippen LogP) is 2.21. The molecule has 2 N–H and O–H groups in total. The van der Waals surface area contributed by atoms with Gasteiger partial charge in [0.25, 0.3) is 5.91 Å². The zero-order valence-corrected chi connectivity index (χ0v) is 12.2. The van der Waals surface area contributed by atoms with E-state index in [9.17, 15) is 4.79 Å². The lowest BCUT2D eigenvalue weighted by atomic mass is 10.0. The van der Waals surface area contributed by atoms with Crippen molar-refractivity contribution in [3.05, 3.63) is 42.1 Å². The van der Waals surface area contributed by atoms with Crippen LogP contribution in [0.15, 0.2) is 36.4 Å². The first kappa shape index (κ1) is 14.5. The highest BCUT2D eigenvalue weighted by Gasteiger charge is 2.13. The molecular weight excluding hydrogens is 250 g/mol. The second-order valence-electron chi connectivity index (χ2n) is 5.24. The second-order valence-corrected chi connectivity index (χ2v) is 5.24. The quantitative estimate of drug-likeness (QED) is 0.876. The zero-order valence-electron chi connectivity index (χ0n) is 12.2. The second kappa shape index (κ2) is 6.48. The van der Waals surface area contributed by atoms with E-state index in [-0.39, 0.29) is 11.9 Å². The molecule has 0 radical (unpaired) electrons. The molecule has 0 saturated heterocycles. The monoisotopic (exact) mass is 271 g/mol. The summed E-state index contributed by atoms with van der Waals surface area (Å²) in [5.74, 6) is 0.335. The van der Waals surface area contributed by atoms with Crippen LogP contribution in [0.1, 0.15) is 24.3 Å². The van der Waals surface area contributed by atoms with Crippen LogP contribution < -0.4 is 10.6 Å². The van der Waals surface area contributed by atoms with Crippen LogP contribution in [0.2, 0.25) is 0 Å². The summed E-state index contributed by atoms with van der Waals surface area (Å²) in [4.78, 5) is 16.5. The van der Waals surface area contributed by atoms with Crippen molar-refractivity contribution in [2.24, 2.45) is 5.92 Å². The number of carbonyl (C=O) groups excluding carboxylic acids is 1. The number of rotatable bonds is 5. The average molecular weight is 271 g/mol. The molecule has 0 unspecified atom stereocenters. The maximum absolute atomic E-state index is 12.1. The summed E-state index contributed by atoms with van der Waals surface area (Å²) in [6.07, 6.45) is 0. The maximum Gasteiger partial charge on any atom is 0.269 e. The third kappa shape index (κ3) is 3.33. The number of carbonyl (C=O) groups is 1. The van der Waals surface area contributed by atoms with Crippen LogP contribution in [-0.2, 0) is 0 Å². The van der Waals surface area contributed by atoms with Gasteiger partial charge in [0.05, 0.1) is 5.52 Å². The minimum atomic E-state index is -0.128. The van der Waals surface area contributed by atoms with Gasteiger partial charge in [-0.15, -0.1) is 0 Å². The van der Waals surface area contributed by atoms with Crippen molar-refractivity contribution in [3.8, 4) is 0 Å². The molecule has 0 spiro atoms. The molecule has 4 nitrogen and oxygen atoms in total. The first-order chi connectivity index (χ1) is 9.61. The third-order valence-corrected chi connectivity index (χ3v) is 3.49. The van der Waals surface area contributed by atoms with E-state index in [2.05, 4.69) is 29.5 Å². The molecule has 0 fully saturated rings. The molecule has 4 heteroatoms. The van der Waals surface area contributed by atoms with Gasteiger partial charge in [0.2, 0.25) is 0 Å². The Morgan fingerprint density at radius 1 is 1.20 bits per heavy atom. The number of hydrogen-bond acceptors (Lipinski definition) is 3. The molecular formula is C16H21N3O. The van der Waals surface area contributed by atoms with Crippen LogP contribution in [0.25, 0.3) is 10.9 Å². The number of nitrogens with one attached hydrogen (secondary N) is 2. The minimum absolute atomic E-state index is 0.128. The predicted molar refractivity (Wildman–Crippen MR) is 81.8 cm³/mol. The Bertz CT molecular complexity index is 595. The van der Waals surface area contributed by atoms with Crippen LogP contribution in [0.4, 0.5) is 0 Å². The largest absolute Gasteiger partial charge is 0.349 e. The summed E-state index contributed by atoms with van der Waals surface area (Å²) in [5.41, 5.74) is 1.30. The van der Waals surface area contributed by atoms with Gasteiger partial charge in [-0.05, 0) is 25.1 Å². The molecule has 20 heavy (non-hydrogen) atoms. The average Bonchev–Trinajstić information content (AvgIpc) is 2.46. The van der Waals surface area contributed by atoms with Crippen molar-refractivity contribution in [1.82, 2.24) is 15.6 Å². The summed E-state index contributed by atoms with van der Waals surface area (Å²) < 4.78 is 0. The SMILES string of the molecule is CN[C@H](CNC(=O)c1ccc2ccccc2n1)C(C)C. The Hall–Kier alpha value is -1.94. The first-order valence-corrected chi connectivity index (χ1v) is 6.93. The van der Waals surface area contributed by atoms with Crippen molar-refractivity contribution in [2.75, 3.05) is 13.6 Å². The van der Waals surface area contributed by atoms with Crippen LogP contribution in [-0.4, -0.2) is 30.5 Å². The molecule has 0 aliphatic rings. The van der Waals surface area contributed by atoms with Crippen molar-refractivity contribution in [2.45, 2.75) is 19.9 Å². The molecule has 1 aromatic carbocycles. The van der Waals surface area contributed by atoms with E-state index in [1.165, 1.54) is 0 Å². The number of likely N-dealkylation sites (N-methyl/N-ethyl adjacent to an activating group) is 1. The summed E-state index contributed by atoms with van der Waals surface area (Å²) >= 11 is 0. The van der Waals surface area contributed by atoms with Gasteiger partial charge in [0.15, 0.2) is 0 Å². The smallest absolute Gasteiger partial charge is 0.269 e. The zero-order chi connectivity index (χ0) is 14.5. The molecule has 0 aliphatic carbocycles. The molecule has 1 amide bonds. The summed E-state index contributed by atoms with van der Waals surface area (Å²) in [6.45, 7) is 4.85. The standard InChI is InChI=1S/C16H21N3O/c1-11(2)15(17-3)10-18-16(20)14-9-8-12-6-4-5-7-13(12)19-14/h4-9,11,15,17H,10H2,1-3H3,(H,18,20)/t15-/m1/s1. The lowest BCUT2D eigenvalue weighted by Crippen LogP contribution is -2.42. The Labute approximate surface area is 119 Å². The highest BCUT2D eigenvalue weighted by Crippen LogP contribution is 2.11. The van der Waals surface area contributed by atoms with Gasteiger partial charge in [-0.1, -0.05) is 38.1 Å². The molecule has 0 saturated carbocycles. The summed E-state index contributed by atoms with van der Waals surface area (Å²) in [5, 5.41) is 7.18. The number of aromatic nitrogens is 1. The van der Waals surface area contributed by atoms with E-state index in [4.69, 9.17) is 0 Å². The molecule has 1 atom stereocenters. The molecule has 1 aromatic heterocycles. The number of hydrogen-bond donors (Lipinski definition) is 2. The Kier molecular flexibility index (Phi) is 4.69. The van der Waals surface area contributed by atoms with Crippen molar-refractivity contribution in [3.63, 3.8) is 0 Å². The van der Waals surface area contributed by atoms with Crippen molar-refractivity contribution in [1.29, 1.82) is 0 Å². The third-order valence-electron chi connectivity index (χ3n) is 3.49. The number of pyridine rings is 1. The molecule has 0 aliphatic heterocycles. The van der Waals surface area contributed by atoms with Crippen LogP contribution in [0.5, 0.6) is 0 Å². The first-order valence-electron chi connectivity index (χ1n) is 6.93. The normalized spacial score (nSPS) is 12.6. The Balaban J connectivity index is 2.07. The van der Waals surface area contributed by atoms with Gasteiger partial charge < -0.3 is 10.6 Å². The van der Waals surface area contributed by atoms with Gasteiger partial charge in [-0.2, -0.15) is 0 Å². The van der Waals surface area contributed by atoms with Crippen LogP contribution in [0.3, 0.4) is 0 Å². The van der Waals surface area contributed by atoms with E-state index in [0.717, 1.165) is 10.9 Å². The molecule has 2 aromatic rings. The van der Waals surface area contributed by atoms with Gasteiger partial charge in [0.1, 0.15) is 5.69 Å². The van der Waals surface area contributed by atoms with E-state index >= 15 is 0 Å². The van der Waals surface area contributed by atoms with Gasteiger partial charge in [-0.25, -0.2) is 4.98 Å². The lowest BCUT2D eigenvalue weighted by molar-refractivity contribution is 0.0943. The van der Waals surface area contributed by atoms with E-state index in [1.54, 1.807) is 6.07 Å². The lowest BCUT2D eigenvalue weighted by Gasteiger charge is -2.20. The maximum atomic E-state index is 12.1. The topological polar surface area (TPSA) is 54.0 Å². The van der Waals surface area contributed by atoms with Crippen molar-refractivity contribution >= 4 is 16.8 Å². The van der Waals surface area contributed by atoms with Crippen LogP contribution >= 0.6 is 0 Å². The highest BCUT2D eigenvalue weighted by molar-refractivity contribution is 5.94. The summed E-state index contributed by atoms with van der Waals surface area (Å²) in [6, 6.07) is 11.7.